The van der Waals surface area contributed by atoms with Crippen LogP contribution < -0.4 is 4.72 Å². The van der Waals surface area contributed by atoms with Crippen molar-refractivity contribution in [1.29, 1.82) is 0 Å². The van der Waals surface area contributed by atoms with Crippen LogP contribution in [0.5, 0.6) is 0 Å². The molecule has 2 atom stereocenters. The molecule has 0 spiro atoms. The number of nitrogens with one attached hydrogen (secondary N) is 1. The van der Waals surface area contributed by atoms with Gasteiger partial charge in [0, 0.05) is 6.61 Å². The molecule has 7 heteroatoms. The zero-order valence-corrected chi connectivity index (χ0v) is 14.1. The molecule has 1 N–H and O–H groups in total. The number of amides is 1. The van der Waals surface area contributed by atoms with Crippen LogP contribution in [-0.2, 0) is 24.3 Å². The van der Waals surface area contributed by atoms with Gasteiger partial charge in [0.15, 0.2) is 0 Å². The molecule has 0 aromatic heterocycles. The van der Waals surface area contributed by atoms with Crippen molar-refractivity contribution in [3.63, 3.8) is 0 Å². The van der Waals surface area contributed by atoms with Crippen molar-refractivity contribution in [3.8, 4) is 0 Å². The molecule has 0 bridgehead atoms. The fourth-order valence-electron chi connectivity index (χ4n) is 2.95. The predicted octanol–water partition coefficient (Wildman–Crippen LogP) is 1.74. The van der Waals surface area contributed by atoms with Crippen molar-refractivity contribution in [2.75, 3.05) is 13.2 Å². The molecule has 1 aliphatic carbocycles. The molecule has 0 unspecified atom stereocenters. The third-order valence-electron chi connectivity index (χ3n) is 4.41. The molecule has 22 heavy (non-hydrogen) atoms. The van der Waals surface area contributed by atoms with Gasteiger partial charge >= 0.3 is 0 Å². The van der Waals surface area contributed by atoms with Gasteiger partial charge < -0.3 is 9.47 Å². The molecule has 1 saturated carbocycles. The fourth-order valence-corrected chi connectivity index (χ4v) is 4.52. The summed E-state index contributed by atoms with van der Waals surface area (Å²) in [6, 6.07) is 0. The van der Waals surface area contributed by atoms with Crippen molar-refractivity contribution in [3.05, 3.63) is 0 Å². The minimum absolute atomic E-state index is 0.0129. The van der Waals surface area contributed by atoms with Crippen LogP contribution in [0.2, 0.25) is 0 Å². The Kier molecular flexibility index (Phi) is 6.65. The summed E-state index contributed by atoms with van der Waals surface area (Å²) in [7, 11) is -3.58. The summed E-state index contributed by atoms with van der Waals surface area (Å²) in [6.45, 7) is 2.64. The molecule has 0 aromatic carbocycles. The van der Waals surface area contributed by atoms with Crippen molar-refractivity contribution < 1.29 is 22.7 Å². The van der Waals surface area contributed by atoms with E-state index in [9.17, 15) is 13.2 Å². The third-order valence-corrected chi connectivity index (χ3v) is 6.24. The SMILES string of the molecule is C[C@@H](OC[C@H]1CCCCO1)C(=O)NS(=O)(=O)C1CCCCC1. The van der Waals surface area contributed by atoms with Crippen LogP contribution in [-0.4, -0.2) is 45.0 Å². The molecule has 2 rings (SSSR count). The van der Waals surface area contributed by atoms with Crippen LogP contribution in [0, 0.1) is 0 Å². The maximum absolute atomic E-state index is 12.2. The molecule has 1 aliphatic heterocycles. The maximum atomic E-state index is 12.2. The van der Waals surface area contributed by atoms with Gasteiger partial charge in [-0.1, -0.05) is 19.3 Å². The number of sulfonamides is 1. The van der Waals surface area contributed by atoms with Crippen LogP contribution in [0.3, 0.4) is 0 Å². The molecule has 1 saturated heterocycles. The molecule has 1 amide bonds. The number of ether oxygens (including phenoxy) is 2. The number of rotatable bonds is 6. The summed E-state index contributed by atoms with van der Waals surface area (Å²) in [5.41, 5.74) is 0. The second-order valence-corrected chi connectivity index (χ2v) is 8.20. The predicted molar refractivity (Wildman–Crippen MR) is 82.9 cm³/mol. The molecule has 6 nitrogen and oxygen atoms in total. The van der Waals surface area contributed by atoms with E-state index in [1.165, 1.54) is 0 Å². The first-order valence-electron chi connectivity index (χ1n) is 8.28. The van der Waals surface area contributed by atoms with Gasteiger partial charge in [0.2, 0.25) is 10.0 Å². The zero-order valence-electron chi connectivity index (χ0n) is 13.3. The highest BCUT2D eigenvalue weighted by Gasteiger charge is 2.30. The monoisotopic (exact) mass is 333 g/mol. The Morgan fingerprint density at radius 1 is 1.18 bits per heavy atom. The Hall–Kier alpha value is -0.660. The zero-order chi connectivity index (χ0) is 16.0. The van der Waals surface area contributed by atoms with E-state index in [0.29, 0.717) is 19.4 Å². The van der Waals surface area contributed by atoms with E-state index in [4.69, 9.17) is 9.47 Å². The number of carbonyl (C=O) groups is 1. The summed E-state index contributed by atoms with van der Waals surface area (Å²) in [4.78, 5) is 12.0. The first-order valence-corrected chi connectivity index (χ1v) is 9.82. The summed E-state index contributed by atoms with van der Waals surface area (Å²) in [5.74, 6) is -0.582. The standard InChI is InChI=1S/C15H27NO5S/c1-12(21-11-13-7-5-6-10-20-13)15(17)16-22(18,19)14-8-3-2-4-9-14/h12-14H,2-11H2,1H3,(H,16,17)/t12-,13-/m1/s1. The summed E-state index contributed by atoms with van der Waals surface area (Å²) in [5, 5.41) is -0.445. The highest BCUT2D eigenvalue weighted by molar-refractivity contribution is 7.90. The van der Waals surface area contributed by atoms with E-state index in [2.05, 4.69) is 4.72 Å². The van der Waals surface area contributed by atoms with Gasteiger partial charge in [-0.25, -0.2) is 8.42 Å². The molecule has 2 fully saturated rings. The molecule has 2 aliphatic rings. The first kappa shape index (κ1) is 17.7. The minimum Gasteiger partial charge on any atom is -0.376 e. The average molecular weight is 333 g/mol. The smallest absolute Gasteiger partial charge is 0.262 e. The maximum Gasteiger partial charge on any atom is 0.262 e. The molecular formula is C15H27NO5S. The minimum atomic E-state index is -3.58. The normalized spacial score (nSPS) is 25.6. The van der Waals surface area contributed by atoms with Crippen molar-refractivity contribution in [2.45, 2.75) is 75.7 Å². The van der Waals surface area contributed by atoms with Gasteiger partial charge in [-0.2, -0.15) is 0 Å². The lowest BCUT2D eigenvalue weighted by atomic mass is 10.0. The van der Waals surface area contributed by atoms with E-state index < -0.39 is 27.3 Å². The molecule has 128 valence electrons. The topological polar surface area (TPSA) is 81.7 Å². The Bertz CT molecular complexity index is 453. The Morgan fingerprint density at radius 2 is 1.86 bits per heavy atom. The van der Waals surface area contributed by atoms with Gasteiger partial charge in [0.1, 0.15) is 6.10 Å². The summed E-state index contributed by atoms with van der Waals surface area (Å²) >= 11 is 0. The number of carbonyl (C=O) groups excluding carboxylic acids is 1. The van der Waals surface area contributed by atoms with E-state index in [-0.39, 0.29) is 6.10 Å². The van der Waals surface area contributed by atoms with Gasteiger partial charge in [0.25, 0.3) is 5.91 Å². The van der Waals surface area contributed by atoms with Crippen molar-refractivity contribution in [2.24, 2.45) is 0 Å². The average Bonchev–Trinajstić information content (AvgIpc) is 2.54. The molecule has 0 aromatic rings. The van der Waals surface area contributed by atoms with Crippen LogP contribution in [0.4, 0.5) is 0 Å². The lowest BCUT2D eigenvalue weighted by Crippen LogP contribution is -2.44. The summed E-state index contributed by atoms with van der Waals surface area (Å²) in [6.07, 6.45) is 6.46. The fraction of sp³-hybridized carbons (Fsp3) is 0.933. The quantitative estimate of drug-likeness (QED) is 0.800. The number of hydrogen-bond donors (Lipinski definition) is 1. The Morgan fingerprint density at radius 3 is 2.50 bits per heavy atom. The number of hydrogen-bond acceptors (Lipinski definition) is 5. The Balaban J connectivity index is 1.77. The lowest BCUT2D eigenvalue weighted by molar-refractivity contribution is -0.133. The molecular weight excluding hydrogens is 306 g/mol. The molecule has 0 radical (unpaired) electrons. The highest BCUT2D eigenvalue weighted by Crippen LogP contribution is 2.23. The second kappa shape index (κ2) is 8.26. The van der Waals surface area contributed by atoms with Crippen LogP contribution >= 0.6 is 0 Å². The lowest BCUT2D eigenvalue weighted by Gasteiger charge is -2.25. The van der Waals surface area contributed by atoms with Gasteiger partial charge in [-0.15, -0.1) is 0 Å². The van der Waals surface area contributed by atoms with Gasteiger partial charge in [-0.05, 0) is 39.0 Å². The van der Waals surface area contributed by atoms with Crippen molar-refractivity contribution in [1.82, 2.24) is 4.72 Å². The Labute approximate surface area is 133 Å². The largest absolute Gasteiger partial charge is 0.376 e. The first-order chi connectivity index (χ1) is 10.5. The van der Waals surface area contributed by atoms with Crippen LogP contribution in [0.15, 0.2) is 0 Å². The highest BCUT2D eigenvalue weighted by atomic mass is 32.2. The van der Waals surface area contributed by atoms with Crippen LogP contribution in [0.1, 0.15) is 58.3 Å². The van der Waals surface area contributed by atoms with Crippen molar-refractivity contribution >= 4 is 15.9 Å². The van der Waals surface area contributed by atoms with E-state index in [1.54, 1.807) is 6.92 Å². The van der Waals surface area contributed by atoms with E-state index >= 15 is 0 Å². The summed E-state index contributed by atoms with van der Waals surface area (Å²) < 4.78 is 37.6. The van der Waals surface area contributed by atoms with Gasteiger partial charge in [-0.3, -0.25) is 9.52 Å². The third kappa shape index (κ3) is 5.21. The molecule has 1 heterocycles. The van der Waals surface area contributed by atoms with Crippen LogP contribution in [0.25, 0.3) is 0 Å². The van der Waals surface area contributed by atoms with Gasteiger partial charge in [0.05, 0.1) is 18.0 Å². The van der Waals surface area contributed by atoms with E-state index in [0.717, 1.165) is 45.1 Å². The second-order valence-electron chi connectivity index (χ2n) is 6.24. The van der Waals surface area contributed by atoms with E-state index in [1.807, 2.05) is 0 Å².